The van der Waals surface area contributed by atoms with E-state index in [2.05, 4.69) is 30.9 Å². The molecule has 0 saturated heterocycles. The van der Waals surface area contributed by atoms with Crippen LogP contribution in [0.3, 0.4) is 0 Å². The van der Waals surface area contributed by atoms with E-state index in [0.717, 1.165) is 11.3 Å². The fourth-order valence-electron chi connectivity index (χ4n) is 1.78. The van der Waals surface area contributed by atoms with Crippen LogP contribution in [0.15, 0.2) is 33.8 Å². The largest absolute Gasteiger partial charge is 0.309 e. The Morgan fingerprint density at radius 3 is 2.47 bits per heavy atom. The topological polar surface area (TPSA) is 58.6 Å². The molecule has 2 aromatic heterocycles. The number of rotatable bonds is 2. The number of hydrogen-bond donors (Lipinski definition) is 1. The van der Waals surface area contributed by atoms with Crippen LogP contribution in [0, 0.1) is 0 Å². The zero-order chi connectivity index (χ0) is 14.0. The van der Waals surface area contributed by atoms with Gasteiger partial charge in [0.1, 0.15) is 10.3 Å². The monoisotopic (exact) mass is 321 g/mol. The lowest BCUT2D eigenvalue weighted by atomic mass is 9.92. The van der Waals surface area contributed by atoms with Gasteiger partial charge in [-0.1, -0.05) is 20.8 Å². The van der Waals surface area contributed by atoms with Crippen LogP contribution >= 0.6 is 15.9 Å². The first-order valence-corrected chi connectivity index (χ1v) is 6.85. The van der Waals surface area contributed by atoms with Gasteiger partial charge >= 0.3 is 0 Å². The van der Waals surface area contributed by atoms with Crippen LogP contribution in [0.5, 0.6) is 0 Å². The van der Waals surface area contributed by atoms with Crippen LogP contribution < -0.4 is 5.56 Å². The fraction of sp³-hybridized carbons (Fsp3) is 0.357. The van der Waals surface area contributed by atoms with Crippen molar-refractivity contribution in [1.29, 1.82) is 0 Å². The van der Waals surface area contributed by atoms with Crippen molar-refractivity contribution in [3.05, 3.63) is 56.4 Å². The van der Waals surface area contributed by atoms with E-state index in [0.29, 0.717) is 16.7 Å². The van der Waals surface area contributed by atoms with Crippen molar-refractivity contribution in [2.24, 2.45) is 0 Å². The second kappa shape index (κ2) is 5.25. The molecule has 5 heteroatoms. The van der Waals surface area contributed by atoms with Crippen molar-refractivity contribution in [2.45, 2.75) is 32.6 Å². The Kier molecular flexibility index (Phi) is 3.85. The van der Waals surface area contributed by atoms with Crippen molar-refractivity contribution in [2.75, 3.05) is 0 Å². The number of H-pyrrole nitrogens is 1. The third-order valence-corrected chi connectivity index (χ3v) is 3.48. The van der Waals surface area contributed by atoms with Gasteiger partial charge in [-0.3, -0.25) is 9.78 Å². The molecule has 19 heavy (non-hydrogen) atoms. The van der Waals surface area contributed by atoms with Gasteiger partial charge < -0.3 is 4.98 Å². The van der Waals surface area contributed by atoms with E-state index in [-0.39, 0.29) is 11.0 Å². The molecule has 2 heterocycles. The summed E-state index contributed by atoms with van der Waals surface area (Å²) in [7, 11) is 0. The van der Waals surface area contributed by atoms with Gasteiger partial charge in [-0.15, -0.1) is 0 Å². The molecule has 0 radical (unpaired) electrons. The molecule has 0 amide bonds. The van der Waals surface area contributed by atoms with Crippen LogP contribution in [0.25, 0.3) is 0 Å². The molecule has 0 fully saturated rings. The number of pyridine rings is 1. The Bertz CT molecular complexity index is 629. The normalized spacial score (nSPS) is 11.6. The highest BCUT2D eigenvalue weighted by molar-refractivity contribution is 9.10. The molecule has 2 aromatic rings. The van der Waals surface area contributed by atoms with Gasteiger partial charge in [0.25, 0.3) is 5.56 Å². The predicted octanol–water partition coefficient (Wildman–Crippen LogP) is 2.82. The summed E-state index contributed by atoms with van der Waals surface area (Å²) in [6, 6.07) is 3.83. The maximum absolute atomic E-state index is 11.9. The van der Waals surface area contributed by atoms with Crippen molar-refractivity contribution in [3.63, 3.8) is 0 Å². The zero-order valence-electron chi connectivity index (χ0n) is 11.2. The van der Waals surface area contributed by atoms with Gasteiger partial charge in [0.2, 0.25) is 0 Å². The molecule has 0 saturated carbocycles. The average Bonchev–Trinajstić information content (AvgIpc) is 2.33. The highest BCUT2D eigenvalue weighted by Crippen LogP contribution is 2.25. The standard InChI is InChI=1S/C14H16BrN3O/c1-14(2,3)12-11(15)13(19)18-10(17-12)8-9-4-6-16-7-5-9/h4-7H,8H2,1-3H3,(H,17,18,19). The Hall–Kier alpha value is -1.49. The summed E-state index contributed by atoms with van der Waals surface area (Å²) in [4.78, 5) is 23.3. The Balaban J connectivity index is 2.43. The number of nitrogens with one attached hydrogen (secondary N) is 1. The summed E-state index contributed by atoms with van der Waals surface area (Å²) in [5, 5.41) is 0. The van der Waals surface area contributed by atoms with Gasteiger partial charge in [-0.05, 0) is 33.6 Å². The maximum atomic E-state index is 11.9. The second-order valence-corrected chi connectivity index (χ2v) is 6.25. The van der Waals surface area contributed by atoms with E-state index in [1.807, 2.05) is 32.9 Å². The molecule has 100 valence electrons. The Morgan fingerprint density at radius 2 is 1.89 bits per heavy atom. The van der Waals surface area contributed by atoms with Crippen molar-refractivity contribution in [1.82, 2.24) is 15.0 Å². The lowest BCUT2D eigenvalue weighted by Gasteiger charge is -2.19. The lowest BCUT2D eigenvalue weighted by Crippen LogP contribution is -2.23. The van der Waals surface area contributed by atoms with E-state index in [4.69, 9.17) is 0 Å². The third kappa shape index (κ3) is 3.29. The number of aromatic amines is 1. The van der Waals surface area contributed by atoms with Crippen molar-refractivity contribution >= 4 is 15.9 Å². The first kappa shape index (κ1) is 13.9. The van der Waals surface area contributed by atoms with E-state index in [1.165, 1.54) is 0 Å². The summed E-state index contributed by atoms with van der Waals surface area (Å²) in [5.41, 5.74) is 1.53. The quantitative estimate of drug-likeness (QED) is 0.925. The van der Waals surface area contributed by atoms with E-state index in [9.17, 15) is 4.79 Å². The number of halogens is 1. The first-order valence-electron chi connectivity index (χ1n) is 6.06. The molecule has 0 atom stereocenters. The highest BCUT2D eigenvalue weighted by Gasteiger charge is 2.21. The van der Waals surface area contributed by atoms with Crippen molar-refractivity contribution in [3.8, 4) is 0 Å². The van der Waals surface area contributed by atoms with E-state index < -0.39 is 0 Å². The number of aromatic nitrogens is 3. The maximum Gasteiger partial charge on any atom is 0.265 e. The number of nitrogens with zero attached hydrogens (tertiary/aromatic N) is 2. The van der Waals surface area contributed by atoms with Gasteiger partial charge in [0.05, 0.1) is 5.69 Å². The molecule has 0 bridgehead atoms. The second-order valence-electron chi connectivity index (χ2n) is 5.46. The molecular formula is C14H16BrN3O. The highest BCUT2D eigenvalue weighted by atomic mass is 79.9. The van der Waals surface area contributed by atoms with Crippen LogP contribution in [-0.2, 0) is 11.8 Å². The van der Waals surface area contributed by atoms with E-state index >= 15 is 0 Å². The Labute approximate surface area is 120 Å². The fourth-order valence-corrected chi connectivity index (χ4v) is 2.56. The molecule has 0 unspecified atom stereocenters. The third-order valence-electron chi connectivity index (χ3n) is 2.74. The molecule has 0 aliphatic heterocycles. The SMILES string of the molecule is CC(C)(C)c1nc(Cc2ccncc2)[nH]c(=O)c1Br. The van der Waals surface area contributed by atoms with Crippen molar-refractivity contribution < 1.29 is 0 Å². The molecule has 0 aromatic carbocycles. The minimum atomic E-state index is -0.180. The van der Waals surface area contributed by atoms with Crippen LogP contribution in [-0.4, -0.2) is 15.0 Å². The Morgan fingerprint density at radius 1 is 1.26 bits per heavy atom. The summed E-state index contributed by atoms with van der Waals surface area (Å²) in [6.45, 7) is 6.11. The predicted molar refractivity (Wildman–Crippen MR) is 78.3 cm³/mol. The molecule has 4 nitrogen and oxygen atoms in total. The lowest BCUT2D eigenvalue weighted by molar-refractivity contribution is 0.557. The summed E-state index contributed by atoms with van der Waals surface area (Å²) >= 11 is 3.32. The van der Waals surface area contributed by atoms with Gasteiger partial charge in [-0.25, -0.2) is 4.98 Å². The number of hydrogen-bond acceptors (Lipinski definition) is 3. The summed E-state index contributed by atoms with van der Waals surface area (Å²) < 4.78 is 0.512. The van der Waals surface area contributed by atoms with Gasteiger partial charge in [0, 0.05) is 24.2 Å². The minimum Gasteiger partial charge on any atom is -0.309 e. The van der Waals surface area contributed by atoms with Crippen LogP contribution in [0.4, 0.5) is 0 Å². The first-order chi connectivity index (χ1) is 8.88. The molecule has 0 aliphatic rings. The van der Waals surface area contributed by atoms with Crippen LogP contribution in [0.2, 0.25) is 0 Å². The molecule has 2 rings (SSSR count). The average molecular weight is 322 g/mol. The van der Waals surface area contributed by atoms with E-state index in [1.54, 1.807) is 12.4 Å². The zero-order valence-corrected chi connectivity index (χ0v) is 12.8. The van der Waals surface area contributed by atoms with Gasteiger partial charge in [-0.2, -0.15) is 0 Å². The molecule has 0 spiro atoms. The molecule has 1 N–H and O–H groups in total. The molecule has 0 aliphatic carbocycles. The smallest absolute Gasteiger partial charge is 0.265 e. The van der Waals surface area contributed by atoms with Gasteiger partial charge in [0.15, 0.2) is 0 Å². The summed E-state index contributed by atoms with van der Waals surface area (Å²) in [6.07, 6.45) is 4.06. The molecular weight excluding hydrogens is 306 g/mol. The minimum absolute atomic E-state index is 0.135. The summed E-state index contributed by atoms with van der Waals surface area (Å²) in [5.74, 6) is 0.671. The van der Waals surface area contributed by atoms with Crippen LogP contribution in [0.1, 0.15) is 37.9 Å².